The van der Waals surface area contributed by atoms with Gasteiger partial charge >= 0.3 is 0 Å². The summed E-state index contributed by atoms with van der Waals surface area (Å²) in [6.07, 6.45) is 1.74. The number of carbonyl (C=O) groups excluding carboxylic acids is 1. The predicted molar refractivity (Wildman–Crippen MR) is 106 cm³/mol. The highest BCUT2D eigenvalue weighted by molar-refractivity contribution is 6.30. The summed E-state index contributed by atoms with van der Waals surface area (Å²) in [5.74, 6) is 0.633. The maximum Gasteiger partial charge on any atom is 0.256 e. The Morgan fingerprint density at radius 3 is 2.37 bits per heavy atom. The number of hydrogen-bond acceptors (Lipinski definition) is 5. The quantitative estimate of drug-likeness (QED) is 0.541. The Hall–Kier alpha value is -3.51. The Bertz CT molecular complexity index is 1090. The standard InChI is InChI=1S/C20H14ClN5O/c21-15-8-6-14(7-9-15)20(27)24-18-11-10-17(25-26-18)23-16-5-1-3-13-4-2-12-22-19(13)16/h1-12H,(H,23,25)(H,24,26,27). The molecule has 2 N–H and O–H groups in total. The van der Waals surface area contributed by atoms with E-state index < -0.39 is 0 Å². The average Bonchev–Trinajstić information content (AvgIpc) is 2.70. The Balaban J connectivity index is 1.49. The number of aromatic nitrogens is 3. The van der Waals surface area contributed by atoms with E-state index in [0.717, 1.165) is 16.6 Å². The molecule has 4 aromatic rings. The first-order valence-electron chi connectivity index (χ1n) is 8.20. The van der Waals surface area contributed by atoms with Crippen molar-refractivity contribution in [3.05, 3.63) is 83.5 Å². The number of pyridine rings is 1. The Kier molecular flexibility index (Phi) is 4.63. The van der Waals surface area contributed by atoms with E-state index in [-0.39, 0.29) is 5.91 Å². The zero-order valence-corrected chi connectivity index (χ0v) is 14.8. The lowest BCUT2D eigenvalue weighted by molar-refractivity contribution is 0.102. The number of amides is 1. The highest BCUT2D eigenvalue weighted by atomic mass is 35.5. The molecular formula is C20H14ClN5O. The molecule has 4 rings (SSSR count). The van der Waals surface area contributed by atoms with Gasteiger partial charge in [-0.05, 0) is 48.5 Å². The summed E-state index contributed by atoms with van der Waals surface area (Å²) < 4.78 is 0. The van der Waals surface area contributed by atoms with E-state index in [1.54, 1.807) is 42.6 Å². The molecule has 0 unspecified atom stereocenters. The summed E-state index contributed by atoms with van der Waals surface area (Å²) in [7, 11) is 0. The molecule has 0 aliphatic heterocycles. The van der Waals surface area contributed by atoms with Gasteiger partial charge in [-0.1, -0.05) is 29.8 Å². The lowest BCUT2D eigenvalue weighted by Gasteiger charge is -2.09. The molecule has 2 aromatic heterocycles. The number of rotatable bonds is 4. The van der Waals surface area contributed by atoms with Crippen LogP contribution < -0.4 is 10.6 Å². The first-order chi connectivity index (χ1) is 13.2. The molecule has 2 aromatic carbocycles. The van der Waals surface area contributed by atoms with Gasteiger partial charge in [-0.2, -0.15) is 0 Å². The molecule has 0 saturated heterocycles. The van der Waals surface area contributed by atoms with E-state index in [1.165, 1.54) is 0 Å². The van der Waals surface area contributed by atoms with Crippen LogP contribution in [0.2, 0.25) is 5.02 Å². The van der Waals surface area contributed by atoms with E-state index >= 15 is 0 Å². The fraction of sp³-hybridized carbons (Fsp3) is 0. The van der Waals surface area contributed by atoms with Gasteiger partial charge in [0.1, 0.15) is 0 Å². The summed E-state index contributed by atoms with van der Waals surface area (Å²) >= 11 is 5.83. The van der Waals surface area contributed by atoms with Crippen LogP contribution in [0.15, 0.2) is 72.9 Å². The molecule has 0 aliphatic rings. The number of para-hydroxylation sites is 1. The van der Waals surface area contributed by atoms with Crippen LogP contribution in [-0.2, 0) is 0 Å². The maximum absolute atomic E-state index is 12.2. The maximum atomic E-state index is 12.2. The molecular weight excluding hydrogens is 362 g/mol. The van der Waals surface area contributed by atoms with Crippen LogP contribution in [0.4, 0.5) is 17.3 Å². The third-order valence-corrected chi connectivity index (χ3v) is 4.16. The van der Waals surface area contributed by atoms with Crippen molar-refractivity contribution in [2.75, 3.05) is 10.6 Å². The van der Waals surface area contributed by atoms with Crippen LogP contribution in [0.1, 0.15) is 10.4 Å². The lowest BCUT2D eigenvalue weighted by Crippen LogP contribution is -2.13. The minimum Gasteiger partial charge on any atom is -0.337 e. The third-order valence-electron chi connectivity index (χ3n) is 3.91. The van der Waals surface area contributed by atoms with Crippen LogP contribution in [0.5, 0.6) is 0 Å². The Morgan fingerprint density at radius 2 is 1.59 bits per heavy atom. The lowest BCUT2D eigenvalue weighted by atomic mass is 10.2. The predicted octanol–water partition coefficient (Wildman–Crippen LogP) is 4.67. The first kappa shape index (κ1) is 16.9. The molecule has 0 saturated carbocycles. The van der Waals surface area contributed by atoms with Crippen LogP contribution in [0.3, 0.4) is 0 Å². The monoisotopic (exact) mass is 375 g/mol. The first-order valence-corrected chi connectivity index (χ1v) is 8.58. The van der Waals surface area contributed by atoms with Gasteiger partial charge in [0.25, 0.3) is 5.91 Å². The van der Waals surface area contributed by atoms with Gasteiger partial charge in [0, 0.05) is 22.2 Å². The second kappa shape index (κ2) is 7.39. The summed E-state index contributed by atoms with van der Waals surface area (Å²) in [4.78, 5) is 16.6. The molecule has 0 spiro atoms. The van der Waals surface area contributed by atoms with Crippen LogP contribution in [0.25, 0.3) is 10.9 Å². The smallest absolute Gasteiger partial charge is 0.256 e. The van der Waals surface area contributed by atoms with Crippen molar-refractivity contribution < 1.29 is 4.79 Å². The minimum atomic E-state index is -0.278. The number of nitrogens with zero attached hydrogens (tertiary/aromatic N) is 3. The van der Waals surface area contributed by atoms with Crippen molar-refractivity contribution in [2.24, 2.45) is 0 Å². The number of carbonyl (C=O) groups is 1. The number of nitrogens with one attached hydrogen (secondary N) is 2. The number of benzene rings is 2. The molecule has 7 heteroatoms. The Labute approximate surface area is 160 Å². The summed E-state index contributed by atoms with van der Waals surface area (Å²) in [6.45, 7) is 0. The minimum absolute atomic E-state index is 0.278. The second-order valence-electron chi connectivity index (χ2n) is 5.77. The van der Waals surface area contributed by atoms with E-state index in [9.17, 15) is 4.79 Å². The van der Waals surface area contributed by atoms with E-state index in [4.69, 9.17) is 11.6 Å². The number of fused-ring (bicyclic) bond motifs is 1. The van der Waals surface area contributed by atoms with E-state index in [2.05, 4.69) is 25.8 Å². The van der Waals surface area contributed by atoms with Gasteiger partial charge < -0.3 is 10.6 Å². The number of anilines is 3. The van der Waals surface area contributed by atoms with Crippen molar-refractivity contribution in [3.8, 4) is 0 Å². The molecule has 0 atom stereocenters. The third kappa shape index (κ3) is 3.86. The topological polar surface area (TPSA) is 79.8 Å². The van der Waals surface area contributed by atoms with Gasteiger partial charge in [-0.15, -0.1) is 10.2 Å². The van der Waals surface area contributed by atoms with E-state index in [1.807, 2.05) is 30.3 Å². The van der Waals surface area contributed by atoms with Crippen molar-refractivity contribution in [2.45, 2.75) is 0 Å². The number of hydrogen-bond donors (Lipinski definition) is 2. The zero-order valence-electron chi connectivity index (χ0n) is 14.1. The number of halogens is 1. The van der Waals surface area contributed by atoms with Crippen molar-refractivity contribution in [1.82, 2.24) is 15.2 Å². The highest BCUT2D eigenvalue weighted by Crippen LogP contribution is 2.23. The van der Waals surface area contributed by atoms with Gasteiger partial charge in [0.15, 0.2) is 11.6 Å². The van der Waals surface area contributed by atoms with Crippen molar-refractivity contribution >= 4 is 45.7 Å². The summed E-state index contributed by atoms with van der Waals surface area (Å²) in [5, 5.41) is 15.7. The highest BCUT2D eigenvalue weighted by Gasteiger charge is 2.08. The van der Waals surface area contributed by atoms with Crippen LogP contribution >= 0.6 is 11.6 Å². The van der Waals surface area contributed by atoms with E-state index in [0.29, 0.717) is 22.2 Å². The van der Waals surface area contributed by atoms with Gasteiger partial charge in [0.2, 0.25) is 0 Å². The molecule has 2 heterocycles. The van der Waals surface area contributed by atoms with Gasteiger partial charge in [0.05, 0.1) is 11.2 Å². The zero-order chi connectivity index (χ0) is 18.6. The van der Waals surface area contributed by atoms with Crippen LogP contribution in [0, 0.1) is 0 Å². The fourth-order valence-corrected chi connectivity index (χ4v) is 2.72. The largest absolute Gasteiger partial charge is 0.337 e. The van der Waals surface area contributed by atoms with Crippen molar-refractivity contribution in [1.29, 1.82) is 0 Å². The van der Waals surface area contributed by atoms with Gasteiger partial charge in [-0.25, -0.2) is 0 Å². The average molecular weight is 376 g/mol. The molecule has 0 aliphatic carbocycles. The fourth-order valence-electron chi connectivity index (χ4n) is 2.60. The normalized spacial score (nSPS) is 10.6. The second-order valence-corrected chi connectivity index (χ2v) is 6.21. The van der Waals surface area contributed by atoms with Crippen molar-refractivity contribution in [3.63, 3.8) is 0 Å². The van der Waals surface area contributed by atoms with Gasteiger partial charge in [-0.3, -0.25) is 9.78 Å². The SMILES string of the molecule is O=C(Nc1ccc(Nc2cccc3cccnc23)nn1)c1ccc(Cl)cc1. The Morgan fingerprint density at radius 1 is 0.852 bits per heavy atom. The summed E-state index contributed by atoms with van der Waals surface area (Å²) in [6, 6.07) is 19.8. The van der Waals surface area contributed by atoms with Crippen LogP contribution in [-0.4, -0.2) is 21.1 Å². The molecule has 27 heavy (non-hydrogen) atoms. The molecule has 0 radical (unpaired) electrons. The molecule has 1 amide bonds. The summed E-state index contributed by atoms with van der Waals surface area (Å²) in [5.41, 5.74) is 2.17. The molecule has 0 bridgehead atoms. The molecule has 0 fully saturated rings. The molecule has 6 nitrogen and oxygen atoms in total. The molecule has 132 valence electrons.